The molecule has 1 atom stereocenters. The van der Waals surface area contributed by atoms with Crippen molar-refractivity contribution in [2.24, 2.45) is 0 Å². The molecule has 0 saturated carbocycles. The van der Waals surface area contributed by atoms with Gasteiger partial charge < -0.3 is 15.6 Å². The number of para-hydroxylation sites is 2. The van der Waals surface area contributed by atoms with Crippen molar-refractivity contribution in [3.63, 3.8) is 0 Å². The number of amides is 2. The second-order valence-electron chi connectivity index (χ2n) is 6.64. The summed E-state index contributed by atoms with van der Waals surface area (Å²) in [4.78, 5) is 39.1. The number of H-pyrrole nitrogens is 1. The number of nitrogens with one attached hydrogen (secondary N) is 3. The summed E-state index contributed by atoms with van der Waals surface area (Å²) in [6, 6.07) is 13.5. The monoisotopic (exact) mass is 412 g/mol. The standard InChI is InChI=1S/C21H21ClN4O3/c1-13-12-23-21(29)26(13)19-6-4-3-5-17(19)25-20(28)11-18(24-14(2)27)15-7-9-16(22)10-8-15/h3-10,12,18H,11H2,1-2H3,(H,23,29)(H,24,27)(H,25,28). The molecule has 8 heteroatoms. The van der Waals surface area contributed by atoms with Crippen molar-refractivity contribution in [2.45, 2.75) is 26.3 Å². The number of hydrogen-bond acceptors (Lipinski definition) is 3. The molecule has 29 heavy (non-hydrogen) atoms. The Morgan fingerprint density at radius 1 is 1.14 bits per heavy atom. The number of aromatic nitrogens is 2. The summed E-state index contributed by atoms with van der Waals surface area (Å²) in [6.07, 6.45) is 1.63. The van der Waals surface area contributed by atoms with Crippen LogP contribution in [0.5, 0.6) is 0 Å². The van der Waals surface area contributed by atoms with Gasteiger partial charge in [-0.25, -0.2) is 4.79 Å². The smallest absolute Gasteiger partial charge is 0.330 e. The van der Waals surface area contributed by atoms with Gasteiger partial charge in [0.1, 0.15) is 0 Å². The van der Waals surface area contributed by atoms with Gasteiger partial charge in [0.15, 0.2) is 0 Å². The molecule has 2 aromatic carbocycles. The van der Waals surface area contributed by atoms with Crippen LogP contribution in [0.2, 0.25) is 5.02 Å². The molecule has 0 aliphatic rings. The van der Waals surface area contributed by atoms with Gasteiger partial charge in [0.05, 0.1) is 23.8 Å². The SMILES string of the molecule is CC(=O)NC(CC(=O)Nc1ccccc1-n1c(C)c[nH]c1=O)c1ccc(Cl)cc1. The highest BCUT2D eigenvalue weighted by Crippen LogP contribution is 2.23. The molecule has 0 radical (unpaired) electrons. The van der Waals surface area contributed by atoms with E-state index >= 15 is 0 Å². The average Bonchev–Trinajstić information content (AvgIpc) is 3.00. The van der Waals surface area contributed by atoms with Crippen molar-refractivity contribution >= 4 is 29.1 Å². The van der Waals surface area contributed by atoms with Crippen LogP contribution in [0.4, 0.5) is 5.69 Å². The van der Waals surface area contributed by atoms with E-state index in [1.54, 1.807) is 61.7 Å². The van der Waals surface area contributed by atoms with E-state index in [0.717, 1.165) is 5.56 Å². The van der Waals surface area contributed by atoms with Crippen LogP contribution in [-0.2, 0) is 9.59 Å². The number of aromatic amines is 1. The molecule has 0 aliphatic carbocycles. The number of hydrogen-bond donors (Lipinski definition) is 3. The quantitative estimate of drug-likeness (QED) is 0.579. The van der Waals surface area contributed by atoms with Gasteiger partial charge >= 0.3 is 5.69 Å². The third-order valence-electron chi connectivity index (χ3n) is 4.42. The molecular weight excluding hydrogens is 392 g/mol. The lowest BCUT2D eigenvalue weighted by Gasteiger charge is -2.19. The Labute approximate surface area is 172 Å². The summed E-state index contributed by atoms with van der Waals surface area (Å²) in [5.41, 5.74) is 2.26. The molecule has 3 aromatic rings. The Bertz CT molecular complexity index is 1090. The number of imidazole rings is 1. The van der Waals surface area contributed by atoms with Gasteiger partial charge in [0.2, 0.25) is 11.8 Å². The second kappa shape index (κ2) is 8.79. The summed E-state index contributed by atoms with van der Waals surface area (Å²) < 4.78 is 1.49. The zero-order valence-corrected chi connectivity index (χ0v) is 16.8. The van der Waals surface area contributed by atoms with Crippen molar-refractivity contribution in [1.29, 1.82) is 0 Å². The molecule has 0 spiro atoms. The lowest BCUT2D eigenvalue weighted by atomic mass is 10.0. The third kappa shape index (κ3) is 4.94. The second-order valence-corrected chi connectivity index (χ2v) is 7.08. The predicted molar refractivity (Wildman–Crippen MR) is 112 cm³/mol. The summed E-state index contributed by atoms with van der Waals surface area (Å²) in [7, 11) is 0. The zero-order valence-electron chi connectivity index (χ0n) is 16.0. The van der Waals surface area contributed by atoms with E-state index in [1.807, 2.05) is 0 Å². The van der Waals surface area contributed by atoms with Gasteiger partial charge in [-0.05, 0) is 36.8 Å². The third-order valence-corrected chi connectivity index (χ3v) is 4.67. The molecule has 3 N–H and O–H groups in total. The number of rotatable bonds is 6. The number of nitrogens with zero attached hydrogens (tertiary/aromatic N) is 1. The van der Waals surface area contributed by atoms with Crippen LogP contribution in [0.25, 0.3) is 5.69 Å². The Morgan fingerprint density at radius 2 is 1.83 bits per heavy atom. The molecular formula is C21H21ClN4O3. The topological polar surface area (TPSA) is 96.0 Å². The summed E-state index contributed by atoms with van der Waals surface area (Å²) in [5.74, 6) is -0.542. The Morgan fingerprint density at radius 3 is 2.45 bits per heavy atom. The predicted octanol–water partition coefficient (Wildman–Crippen LogP) is 3.33. The van der Waals surface area contributed by atoms with E-state index in [1.165, 1.54) is 11.5 Å². The van der Waals surface area contributed by atoms with Crippen molar-refractivity contribution in [3.8, 4) is 5.69 Å². The minimum absolute atomic E-state index is 0.0244. The first-order valence-electron chi connectivity index (χ1n) is 9.04. The normalized spacial score (nSPS) is 11.7. The Kier molecular flexibility index (Phi) is 6.19. The average molecular weight is 413 g/mol. The molecule has 3 rings (SSSR count). The van der Waals surface area contributed by atoms with E-state index in [-0.39, 0.29) is 23.9 Å². The van der Waals surface area contributed by atoms with Crippen LogP contribution >= 0.6 is 11.6 Å². The van der Waals surface area contributed by atoms with E-state index in [4.69, 9.17) is 11.6 Å². The van der Waals surface area contributed by atoms with Crippen LogP contribution in [0.15, 0.2) is 59.5 Å². The number of carbonyl (C=O) groups excluding carboxylic acids is 2. The van der Waals surface area contributed by atoms with Crippen molar-refractivity contribution in [3.05, 3.63) is 81.5 Å². The highest BCUT2D eigenvalue weighted by molar-refractivity contribution is 6.30. The molecule has 1 heterocycles. The van der Waals surface area contributed by atoms with Gasteiger partial charge in [-0.15, -0.1) is 0 Å². The fourth-order valence-corrected chi connectivity index (χ4v) is 3.23. The first-order valence-corrected chi connectivity index (χ1v) is 9.42. The van der Waals surface area contributed by atoms with Crippen LogP contribution in [0, 0.1) is 6.92 Å². The molecule has 1 aromatic heterocycles. The van der Waals surface area contributed by atoms with Gasteiger partial charge in [0.25, 0.3) is 0 Å². The summed E-state index contributed by atoms with van der Waals surface area (Å²) >= 11 is 5.93. The lowest BCUT2D eigenvalue weighted by molar-refractivity contribution is -0.120. The molecule has 0 fully saturated rings. The molecule has 150 valence electrons. The first kappa shape index (κ1) is 20.4. The molecule has 0 saturated heterocycles. The maximum absolute atomic E-state index is 12.8. The van der Waals surface area contributed by atoms with Crippen LogP contribution in [0.1, 0.15) is 30.6 Å². The van der Waals surface area contributed by atoms with Crippen LogP contribution in [-0.4, -0.2) is 21.4 Å². The van der Waals surface area contributed by atoms with Gasteiger partial charge in [-0.2, -0.15) is 0 Å². The highest BCUT2D eigenvalue weighted by atomic mass is 35.5. The summed E-state index contributed by atoms with van der Waals surface area (Å²) in [5, 5.41) is 6.21. The number of carbonyl (C=O) groups is 2. The lowest BCUT2D eigenvalue weighted by Crippen LogP contribution is -2.30. The minimum Gasteiger partial charge on any atom is -0.349 e. The largest absolute Gasteiger partial charge is 0.349 e. The fourth-order valence-electron chi connectivity index (χ4n) is 3.11. The molecule has 2 amide bonds. The number of aryl methyl sites for hydroxylation is 1. The maximum Gasteiger partial charge on any atom is 0.330 e. The Balaban J connectivity index is 1.83. The molecule has 1 unspecified atom stereocenters. The van der Waals surface area contributed by atoms with E-state index < -0.39 is 6.04 Å². The van der Waals surface area contributed by atoms with Gasteiger partial charge in [-0.3, -0.25) is 14.2 Å². The van der Waals surface area contributed by atoms with Gasteiger partial charge in [0, 0.05) is 23.8 Å². The number of benzene rings is 2. The minimum atomic E-state index is -0.506. The summed E-state index contributed by atoms with van der Waals surface area (Å²) in [6.45, 7) is 3.20. The van der Waals surface area contributed by atoms with E-state index in [0.29, 0.717) is 22.1 Å². The highest BCUT2D eigenvalue weighted by Gasteiger charge is 2.19. The fraction of sp³-hybridized carbons (Fsp3) is 0.190. The number of anilines is 1. The van der Waals surface area contributed by atoms with E-state index in [9.17, 15) is 14.4 Å². The molecule has 7 nitrogen and oxygen atoms in total. The molecule has 0 bridgehead atoms. The molecule has 0 aliphatic heterocycles. The van der Waals surface area contributed by atoms with Crippen LogP contribution < -0.4 is 16.3 Å². The van der Waals surface area contributed by atoms with Crippen molar-refractivity contribution in [1.82, 2.24) is 14.9 Å². The van der Waals surface area contributed by atoms with Crippen LogP contribution in [0.3, 0.4) is 0 Å². The maximum atomic E-state index is 12.8. The first-order chi connectivity index (χ1) is 13.8. The number of halogens is 1. The Hall–Kier alpha value is -3.32. The van der Waals surface area contributed by atoms with Crippen molar-refractivity contribution < 1.29 is 9.59 Å². The van der Waals surface area contributed by atoms with E-state index in [2.05, 4.69) is 15.6 Å². The van der Waals surface area contributed by atoms with Crippen molar-refractivity contribution in [2.75, 3.05) is 5.32 Å². The van der Waals surface area contributed by atoms with Gasteiger partial charge in [-0.1, -0.05) is 35.9 Å². The zero-order chi connectivity index (χ0) is 21.0.